The molecule has 2 aliphatic rings. The molecule has 4 rings (SSSR count). The monoisotopic (exact) mass is 355 g/mol. The summed E-state index contributed by atoms with van der Waals surface area (Å²) in [5, 5.41) is 4.24. The Labute approximate surface area is 155 Å². The number of piperidine rings is 1. The van der Waals surface area contributed by atoms with E-state index >= 15 is 0 Å². The molecule has 2 fully saturated rings. The average Bonchev–Trinajstić information content (AvgIpc) is 3.38. The molecule has 3 heterocycles. The first-order valence-corrected chi connectivity index (χ1v) is 9.98. The largest absolute Gasteiger partial charge is 0.356 e. The van der Waals surface area contributed by atoms with Crippen molar-refractivity contribution in [1.29, 1.82) is 0 Å². The van der Waals surface area contributed by atoms with Gasteiger partial charge in [-0.3, -0.25) is 0 Å². The van der Waals surface area contributed by atoms with Crippen molar-refractivity contribution in [2.45, 2.75) is 77.0 Å². The van der Waals surface area contributed by atoms with Gasteiger partial charge in [0, 0.05) is 42.6 Å². The van der Waals surface area contributed by atoms with E-state index in [1.807, 2.05) is 0 Å². The number of hydrogen-bond acceptors (Lipinski definition) is 6. The Hall–Kier alpha value is -1.98. The highest BCUT2D eigenvalue weighted by Crippen LogP contribution is 2.40. The van der Waals surface area contributed by atoms with Crippen LogP contribution in [0.5, 0.6) is 0 Å². The summed E-state index contributed by atoms with van der Waals surface area (Å²) in [5.41, 5.74) is 1.13. The van der Waals surface area contributed by atoms with Crippen molar-refractivity contribution < 1.29 is 4.52 Å². The summed E-state index contributed by atoms with van der Waals surface area (Å²) in [7, 11) is 0. The second kappa shape index (κ2) is 6.97. The molecule has 140 valence electrons. The topological polar surface area (TPSA) is 67.9 Å². The second-order valence-corrected chi connectivity index (χ2v) is 8.35. The van der Waals surface area contributed by atoms with E-state index in [1.165, 1.54) is 12.8 Å². The minimum Gasteiger partial charge on any atom is -0.356 e. The fourth-order valence-electron chi connectivity index (χ4n) is 3.46. The van der Waals surface area contributed by atoms with E-state index in [4.69, 9.17) is 14.5 Å². The van der Waals surface area contributed by atoms with Gasteiger partial charge in [-0.15, -0.1) is 0 Å². The zero-order valence-electron chi connectivity index (χ0n) is 16.3. The molecule has 6 heteroatoms. The number of hydrogen-bond donors (Lipinski definition) is 0. The lowest BCUT2D eigenvalue weighted by molar-refractivity contribution is 0.364. The minimum absolute atomic E-state index is 0.338. The van der Waals surface area contributed by atoms with Crippen molar-refractivity contribution in [3.05, 3.63) is 29.3 Å². The van der Waals surface area contributed by atoms with E-state index < -0.39 is 0 Å². The molecule has 26 heavy (non-hydrogen) atoms. The van der Waals surface area contributed by atoms with Crippen LogP contribution in [0.15, 0.2) is 10.6 Å². The first-order valence-electron chi connectivity index (χ1n) is 9.98. The lowest BCUT2D eigenvalue weighted by Crippen LogP contribution is -2.34. The van der Waals surface area contributed by atoms with E-state index in [1.54, 1.807) is 0 Å². The lowest BCUT2D eigenvalue weighted by atomic mass is 9.96. The summed E-state index contributed by atoms with van der Waals surface area (Å²) < 4.78 is 5.44. The maximum atomic E-state index is 5.44. The molecule has 0 spiro atoms. The van der Waals surface area contributed by atoms with Crippen LogP contribution in [0, 0.1) is 0 Å². The smallest absolute Gasteiger partial charge is 0.229 e. The number of aromatic nitrogens is 4. The van der Waals surface area contributed by atoms with E-state index in [2.05, 4.69) is 48.8 Å². The third-order valence-electron chi connectivity index (χ3n) is 5.43. The molecular weight excluding hydrogens is 326 g/mol. The van der Waals surface area contributed by atoms with Gasteiger partial charge in [0.15, 0.2) is 5.82 Å². The Kier molecular flexibility index (Phi) is 4.67. The lowest BCUT2D eigenvalue weighted by Gasteiger charge is -2.32. The third-order valence-corrected chi connectivity index (χ3v) is 5.43. The van der Waals surface area contributed by atoms with E-state index in [9.17, 15) is 0 Å². The minimum atomic E-state index is 0.338. The Morgan fingerprint density at radius 2 is 1.65 bits per heavy atom. The van der Waals surface area contributed by atoms with Crippen LogP contribution >= 0.6 is 0 Å². The summed E-state index contributed by atoms with van der Waals surface area (Å²) in [4.78, 5) is 16.6. The highest BCUT2D eigenvalue weighted by Gasteiger charge is 2.32. The zero-order chi connectivity index (χ0) is 18.3. The molecule has 1 saturated carbocycles. The molecule has 0 N–H and O–H groups in total. The predicted octanol–water partition coefficient (Wildman–Crippen LogP) is 4.37. The van der Waals surface area contributed by atoms with Crippen molar-refractivity contribution in [1.82, 2.24) is 20.1 Å². The van der Waals surface area contributed by atoms with Crippen molar-refractivity contribution in [2.75, 3.05) is 18.0 Å². The van der Waals surface area contributed by atoms with Crippen molar-refractivity contribution in [3.8, 4) is 0 Å². The van der Waals surface area contributed by atoms with E-state index in [0.717, 1.165) is 55.0 Å². The van der Waals surface area contributed by atoms with Gasteiger partial charge in [-0.2, -0.15) is 4.98 Å². The number of rotatable bonds is 5. The van der Waals surface area contributed by atoms with Crippen LogP contribution in [0.4, 0.5) is 5.82 Å². The first kappa shape index (κ1) is 17.4. The quantitative estimate of drug-likeness (QED) is 0.793. The second-order valence-electron chi connectivity index (χ2n) is 8.35. The molecule has 0 radical (unpaired) electrons. The van der Waals surface area contributed by atoms with Gasteiger partial charge in [0.05, 0.1) is 0 Å². The maximum Gasteiger partial charge on any atom is 0.229 e. The molecule has 6 nitrogen and oxygen atoms in total. The fraction of sp³-hybridized carbons (Fsp3) is 0.700. The van der Waals surface area contributed by atoms with Crippen LogP contribution in [0.1, 0.15) is 100 Å². The Morgan fingerprint density at radius 1 is 0.923 bits per heavy atom. The van der Waals surface area contributed by atoms with Crippen molar-refractivity contribution in [2.24, 2.45) is 0 Å². The van der Waals surface area contributed by atoms with Crippen LogP contribution in [0.3, 0.4) is 0 Å². The zero-order valence-corrected chi connectivity index (χ0v) is 16.3. The van der Waals surface area contributed by atoms with Crippen LogP contribution in [0.25, 0.3) is 0 Å². The number of nitrogens with zero attached hydrogens (tertiary/aromatic N) is 5. The Bertz CT molecular complexity index is 731. The standard InChI is InChI=1S/C20H29N5O/c1-12(2)16-11-17(22-18(21-16)13(3)4)25-9-7-14(8-10-25)19-23-20(26-24-19)15-5-6-15/h11-15H,5-10H2,1-4H3. The highest BCUT2D eigenvalue weighted by atomic mass is 16.5. The fourth-order valence-corrected chi connectivity index (χ4v) is 3.46. The SMILES string of the molecule is CC(C)c1cc(N2CCC(c3noc(C4CC4)n3)CC2)nc(C(C)C)n1. The summed E-state index contributed by atoms with van der Waals surface area (Å²) in [5.74, 6) is 5.44. The molecule has 0 atom stereocenters. The summed E-state index contributed by atoms with van der Waals surface area (Å²) in [6, 6.07) is 2.16. The van der Waals surface area contributed by atoms with Gasteiger partial charge in [0.2, 0.25) is 5.89 Å². The molecule has 1 saturated heterocycles. The summed E-state index contributed by atoms with van der Waals surface area (Å²) in [6.45, 7) is 10.6. The van der Waals surface area contributed by atoms with Gasteiger partial charge in [-0.1, -0.05) is 32.9 Å². The maximum absolute atomic E-state index is 5.44. The summed E-state index contributed by atoms with van der Waals surface area (Å²) >= 11 is 0. The molecule has 2 aromatic heterocycles. The van der Waals surface area contributed by atoms with Crippen molar-refractivity contribution in [3.63, 3.8) is 0 Å². The molecule has 0 bridgehead atoms. The van der Waals surface area contributed by atoms with Crippen LogP contribution in [-0.2, 0) is 0 Å². The van der Waals surface area contributed by atoms with Crippen LogP contribution in [-0.4, -0.2) is 33.2 Å². The highest BCUT2D eigenvalue weighted by molar-refractivity contribution is 5.41. The molecule has 0 unspecified atom stereocenters. The van der Waals surface area contributed by atoms with Gasteiger partial charge in [-0.05, 0) is 31.6 Å². The predicted molar refractivity (Wildman–Crippen MR) is 101 cm³/mol. The Balaban J connectivity index is 1.46. The van der Waals surface area contributed by atoms with Gasteiger partial charge in [0.25, 0.3) is 0 Å². The van der Waals surface area contributed by atoms with Gasteiger partial charge in [0.1, 0.15) is 11.6 Å². The van der Waals surface area contributed by atoms with Crippen LogP contribution in [0.2, 0.25) is 0 Å². The first-order chi connectivity index (χ1) is 12.5. The summed E-state index contributed by atoms with van der Waals surface area (Å²) in [6.07, 6.45) is 4.48. The van der Waals surface area contributed by atoms with E-state index in [-0.39, 0.29) is 0 Å². The number of anilines is 1. The molecule has 1 aliphatic carbocycles. The van der Waals surface area contributed by atoms with Gasteiger partial charge >= 0.3 is 0 Å². The average molecular weight is 355 g/mol. The molecule has 0 aromatic carbocycles. The van der Waals surface area contributed by atoms with Gasteiger partial charge in [-0.25, -0.2) is 9.97 Å². The molecule has 0 amide bonds. The van der Waals surface area contributed by atoms with Crippen LogP contribution < -0.4 is 4.90 Å². The molecular formula is C20H29N5O. The van der Waals surface area contributed by atoms with E-state index in [0.29, 0.717) is 23.7 Å². The molecule has 2 aromatic rings. The third kappa shape index (κ3) is 3.60. The normalized spacial score (nSPS) is 18.9. The van der Waals surface area contributed by atoms with Crippen molar-refractivity contribution >= 4 is 5.82 Å². The van der Waals surface area contributed by atoms with Gasteiger partial charge < -0.3 is 9.42 Å². The molecule has 1 aliphatic heterocycles. The Morgan fingerprint density at radius 3 is 2.27 bits per heavy atom.